The van der Waals surface area contributed by atoms with Gasteiger partial charge in [-0.05, 0) is 12.5 Å². The third kappa shape index (κ3) is 2.56. The van der Waals surface area contributed by atoms with Crippen LogP contribution in [0.2, 0.25) is 0 Å². The summed E-state index contributed by atoms with van der Waals surface area (Å²) in [6, 6.07) is 8.15. The van der Waals surface area contributed by atoms with E-state index in [0.717, 1.165) is 5.56 Å². The van der Waals surface area contributed by atoms with Crippen molar-refractivity contribution in [1.29, 1.82) is 0 Å². The summed E-state index contributed by atoms with van der Waals surface area (Å²) in [5.41, 5.74) is 2.38. The first kappa shape index (κ1) is 8.02. The van der Waals surface area contributed by atoms with E-state index in [9.17, 15) is 0 Å². The highest BCUT2D eigenvalue weighted by atomic mass is 16.2. The lowest BCUT2D eigenvalue weighted by molar-refractivity contribution is 0.343. The van der Waals surface area contributed by atoms with Gasteiger partial charge in [-0.2, -0.15) is 0 Å². The lowest BCUT2D eigenvalue weighted by atomic mass is 10.1. The second-order valence-electron chi connectivity index (χ2n) is 2.50. The molecule has 0 aliphatic carbocycles. The fraction of sp³-hybridized carbons (Fsp3) is 0.200. The highest BCUT2D eigenvalue weighted by Gasteiger charge is 1.85. The Hall–Kier alpha value is -1.08. The van der Waals surface area contributed by atoms with Crippen LogP contribution >= 0.6 is 0 Å². The molecule has 0 aromatic heterocycles. The SMILES string of the molecule is Cc1cccc(/C=C/CO)c1. The first-order valence-corrected chi connectivity index (χ1v) is 3.67. The average molecular weight is 148 g/mol. The van der Waals surface area contributed by atoms with Gasteiger partial charge in [-0.25, -0.2) is 0 Å². The Morgan fingerprint density at radius 2 is 2.27 bits per heavy atom. The van der Waals surface area contributed by atoms with Crippen LogP contribution in [0.4, 0.5) is 0 Å². The smallest absolute Gasteiger partial charge is 0.0615 e. The van der Waals surface area contributed by atoms with Crippen LogP contribution in [0.5, 0.6) is 0 Å². The van der Waals surface area contributed by atoms with Crippen LogP contribution in [0.1, 0.15) is 11.1 Å². The molecule has 1 N–H and O–H groups in total. The number of aliphatic hydroxyl groups is 1. The number of aryl methyl sites for hydroxylation is 1. The third-order valence-corrected chi connectivity index (χ3v) is 1.46. The molecule has 58 valence electrons. The minimum Gasteiger partial charge on any atom is -0.392 e. The molecule has 0 saturated heterocycles. The van der Waals surface area contributed by atoms with E-state index in [1.165, 1.54) is 5.56 Å². The molecular formula is C10H12O. The molecule has 1 nitrogen and oxygen atoms in total. The van der Waals surface area contributed by atoms with Gasteiger partial charge >= 0.3 is 0 Å². The van der Waals surface area contributed by atoms with Crippen molar-refractivity contribution in [3.8, 4) is 0 Å². The number of hydrogen-bond donors (Lipinski definition) is 1. The van der Waals surface area contributed by atoms with Crippen LogP contribution in [0.25, 0.3) is 6.08 Å². The van der Waals surface area contributed by atoms with Gasteiger partial charge < -0.3 is 5.11 Å². The van der Waals surface area contributed by atoms with Crippen LogP contribution < -0.4 is 0 Å². The molecular weight excluding hydrogens is 136 g/mol. The van der Waals surface area contributed by atoms with E-state index in [4.69, 9.17) is 5.11 Å². The molecule has 0 amide bonds. The Morgan fingerprint density at radius 1 is 1.45 bits per heavy atom. The summed E-state index contributed by atoms with van der Waals surface area (Å²) in [5.74, 6) is 0. The summed E-state index contributed by atoms with van der Waals surface area (Å²) in [6.07, 6.45) is 3.64. The van der Waals surface area contributed by atoms with E-state index in [1.54, 1.807) is 6.08 Å². The number of rotatable bonds is 2. The molecule has 0 spiro atoms. The third-order valence-electron chi connectivity index (χ3n) is 1.46. The fourth-order valence-corrected chi connectivity index (χ4v) is 0.963. The Morgan fingerprint density at radius 3 is 2.91 bits per heavy atom. The molecule has 1 aromatic carbocycles. The van der Waals surface area contributed by atoms with Crippen LogP contribution in [0.15, 0.2) is 30.3 Å². The zero-order chi connectivity index (χ0) is 8.10. The topological polar surface area (TPSA) is 20.2 Å². The Kier molecular flexibility index (Phi) is 2.87. The summed E-state index contributed by atoms with van der Waals surface area (Å²) in [5, 5.41) is 8.51. The van der Waals surface area contributed by atoms with Gasteiger partial charge in [0, 0.05) is 0 Å². The quantitative estimate of drug-likeness (QED) is 0.680. The van der Waals surface area contributed by atoms with E-state index in [-0.39, 0.29) is 6.61 Å². The maximum absolute atomic E-state index is 8.51. The van der Waals surface area contributed by atoms with Crippen molar-refractivity contribution in [3.63, 3.8) is 0 Å². The number of aliphatic hydroxyl groups excluding tert-OH is 1. The molecule has 11 heavy (non-hydrogen) atoms. The van der Waals surface area contributed by atoms with Crippen LogP contribution in [0.3, 0.4) is 0 Å². The summed E-state index contributed by atoms with van der Waals surface area (Å²) >= 11 is 0. The molecule has 1 heteroatoms. The predicted octanol–water partition coefficient (Wildman–Crippen LogP) is 2.00. The molecule has 1 aromatic rings. The highest BCUT2D eigenvalue weighted by Crippen LogP contribution is 2.04. The minimum atomic E-state index is 0.105. The van der Waals surface area contributed by atoms with Gasteiger partial charge in [0.05, 0.1) is 6.61 Å². The van der Waals surface area contributed by atoms with Crippen molar-refractivity contribution >= 4 is 6.08 Å². The van der Waals surface area contributed by atoms with Gasteiger partial charge in [-0.15, -0.1) is 0 Å². The maximum atomic E-state index is 8.51. The second-order valence-corrected chi connectivity index (χ2v) is 2.50. The maximum Gasteiger partial charge on any atom is 0.0615 e. The minimum absolute atomic E-state index is 0.105. The van der Waals surface area contributed by atoms with Gasteiger partial charge in [0.2, 0.25) is 0 Å². The summed E-state index contributed by atoms with van der Waals surface area (Å²) in [4.78, 5) is 0. The van der Waals surface area contributed by atoms with Crippen molar-refractivity contribution in [2.24, 2.45) is 0 Å². The first-order chi connectivity index (χ1) is 5.33. The van der Waals surface area contributed by atoms with Crippen LogP contribution in [-0.4, -0.2) is 11.7 Å². The molecule has 0 radical (unpaired) electrons. The largest absolute Gasteiger partial charge is 0.392 e. The van der Waals surface area contributed by atoms with E-state index in [0.29, 0.717) is 0 Å². The Labute approximate surface area is 67.0 Å². The second kappa shape index (κ2) is 3.94. The van der Waals surface area contributed by atoms with Gasteiger partial charge in [-0.3, -0.25) is 0 Å². The van der Waals surface area contributed by atoms with Crippen molar-refractivity contribution in [2.45, 2.75) is 6.92 Å². The monoisotopic (exact) mass is 148 g/mol. The molecule has 0 aliphatic heterocycles. The number of benzene rings is 1. The molecule has 0 bridgehead atoms. The van der Waals surface area contributed by atoms with Gasteiger partial charge in [0.15, 0.2) is 0 Å². The van der Waals surface area contributed by atoms with Gasteiger partial charge in [-0.1, -0.05) is 42.0 Å². The van der Waals surface area contributed by atoms with E-state index < -0.39 is 0 Å². The van der Waals surface area contributed by atoms with E-state index in [1.807, 2.05) is 18.2 Å². The predicted molar refractivity (Wildman–Crippen MR) is 47.3 cm³/mol. The molecule has 0 heterocycles. The Bertz CT molecular complexity index is 251. The van der Waals surface area contributed by atoms with Crippen LogP contribution in [-0.2, 0) is 0 Å². The normalized spacial score (nSPS) is 10.7. The lowest BCUT2D eigenvalue weighted by Crippen LogP contribution is -1.75. The number of hydrogen-bond acceptors (Lipinski definition) is 1. The first-order valence-electron chi connectivity index (χ1n) is 3.67. The molecule has 0 saturated carbocycles. The molecule has 0 atom stereocenters. The van der Waals surface area contributed by atoms with Crippen molar-refractivity contribution < 1.29 is 5.11 Å². The zero-order valence-electron chi connectivity index (χ0n) is 6.62. The summed E-state index contributed by atoms with van der Waals surface area (Å²) in [7, 11) is 0. The standard InChI is InChI=1S/C10H12O/c1-9-4-2-5-10(8-9)6-3-7-11/h2-6,8,11H,7H2,1H3/b6-3+. The van der Waals surface area contributed by atoms with Crippen molar-refractivity contribution in [1.82, 2.24) is 0 Å². The fourth-order valence-electron chi connectivity index (χ4n) is 0.963. The van der Waals surface area contributed by atoms with E-state index in [2.05, 4.69) is 19.1 Å². The molecule has 0 unspecified atom stereocenters. The molecule has 0 fully saturated rings. The highest BCUT2D eigenvalue weighted by molar-refractivity contribution is 5.50. The van der Waals surface area contributed by atoms with Crippen LogP contribution in [0, 0.1) is 6.92 Å². The van der Waals surface area contributed by atoms with Gasteiger partial charge in [0.25, 0.3) is 0 Å². The summed E-state index contributed by atoms with van der Waals surface area (Å²) in [6.45, 7) is 2.16. The van der Waals surface area contributed by atoms with Gasteiger partial charge in [0.1, 0.15) is 0 Å². The summed E-state index contributed by atoms with van der Waals surface area (Å²) < 4.78 is 0. The molecule has 0 aliphatic rings. The average Bonchev–Trinajstić information content (AvgIpc) is 2.01. The Balaban J connectivity index is 2.79. The molecule has 1 rings (SSSR count). The zero-order valence-corrected chi connectivity index (χ0v) is 6.62. The lowest BCUT2D eigenvalue weighted by Gasteiger charge is -1.93. The van der Waals surface area contributed by atoms with Crippen molar-refractivity contribution in [3.05, 3.63) is 41.5 Å². The van der Waals surface area contributed by atoms with Crippen molar-refractivity contribution in [2.75, 3.05) is 6.61 Å². The van der Waals surface area contributed by atoms with E-state index >= 15 is 0 Å².